The second kappa shape index (κ2) is 3.93. The second-order valence-corrected chi connectivity index (χ2v) is 2.33. The lowest BCUT2D eigenvalue weighted by Gasteiger charge is -2.21. The SMILES string of the molecule is S=[C]CC1CNCCO1. The van der Waals surface area contributed by atoms with Gasteiger partial charge < -0.3 is 10.1 Å². The summed E-state index contributed by atoms with van der Waals surface area (Å²) in [5.41, 5.74) is 0. The van der Waals surface area contributed by atoms with Gasteiger partial charge in [0.1, 0.15) is 0 Å². The average molecular weight is 144 g/mol. The van der Waals surface area contributed by atoms with E-state index in [1.54, 1.807) is 0 Å². The monoisotopic (exact) mass is 144 g/mol. The van der Waals surface area contributed by atoms with Crippen molar-refractivity contribution in [3.8, 4) is 0 Å². The molecular weight excluding hydrogens is 134 g/mol. The van der Waals surface area contributed by atoms with Gasteiger partial charge in [0.05, 0.1) is 12.7 Å². The molecule has 2 nitrogen and oxygen atoms in total. The number of rotatable bonds is 2. The third-order valence-electron chi connectivity index (χ3n) is 1.32. The van der Waals surface area contributed by atoms with Crippen LogP contribution in [0, 0.1) is 0 Å². The zero-order valence-corrected chi connectivity index (χ0v) is 6.04. The van der Waals surface area contributed by atoms with Crippen LogP contribution in [-0.4, -0.2) is 31.2 Å². The summed E-state index contributed by atoms with van der Waals surface area (Å²) < 4.78 is 5.33. The Bertz CT molecular complexity index is 91.1. The van der Waals surface area contributed by atoms with Gasteiger partial charge in [0.15, 0.2) is 0 Å². The maximum absolute atomic E-state index is 5.33. The Morgan fingerprint density at radius 2 is 2.67 bits per heavy atom. The van der Waals surface area contributed by atoms with Crippen molar-refractivity contribution < 1.29 is 4.74 Å². The molecule has 0 aromatic rings. The van der Waals surface area contributed by atoms with Gasteiger partial charge in [-0.15, -0.1) is 0 Å². The molecule has 1 aliphatic heterocycles. The molecule has 0 aromatic carbocycles. The topological polar surface area (TPSA) is 21.3 Å². The van der Waals surface area contributed by atoms with Crippen molar-refractivity contribution in [3.63, 3.8) is 0 Å². The van der Waals surface area contributed by atoms with E-state index >= 15 is 0 Å². The van der Waals surface area contributed by atoms with Crippen molar-refractivity contribution in [3.05, 3.63) is 0 Å². The van der Waals surface area contributed by atoms with E-state index < -0.39 is 0 Å². The Morgan fingerprint density at radius 1 is 1.78 bits per heavy atom. The zero-order chi connectivity index (χ0) is 6.53. The van der Waals surface area contributed by atoms with E-state index in [-0.39, 0.29) is 6.10 Å². The molecule has 1 rings (SSSR count). The van der Waals surface area contributed by atoms with Crippen LogP contribution >= 0.6 is 12.2 Å². The first-order valence-electron chi connectivity index (χ1n) is 3.11. The molecular formula is C6H10NOS. The van der Waals surface area contributed by atoms with E-state index in [1.165, 1.54) is 0 Å². The molecule has 51 valence electrons. The van der Waals surface area contributed by atoms with Gasteiger partial charge in [-0.3, -0.25) is 0 Å². The first kappa shape index (κ1) is 7.12. The average Bonchev–Trinajstić information content (AvgIpc) is 1.91. The Balaban J connectivity index is 2.15. The van der Waals surface area contributed by atoms with Crippen LogP contribution in [0.2, 0.25) is 0 Å². The van der Waals surface area contributed by atoms with E-state index in [0.717, 1.165) is 26.1 Å². The van der Waals surface area contributed by atoms with E-state index in [0.29, 0.717) is 0 Å². The third kappa shape index (κ3) is 2.39. The van der Waals surface area contributed by atoms with Crippen molar-refractivity contribution in [1.29, 1.82) is 0 Å². The van der Waals surface area contributed by atoms with Crippen LogP contribution < -0.4 is 5.32 Å². The molecule has 3 heteroatoms. The molecule has 1 radical (unpaired) electrons. The second-order valence-electron chi connectivity index (χ2n) is 2.05. The lowest BCUT2D eigenvalue weighted by atomic mass is 10.2. The molecule has 1 fully saturated rings. The largest absolute Gasteiger partial charge is 0.375 e. The van der Waals surface area contributed by atoms with Crippen molar-refractivity contribution >= 4 is 17.6 Å². The van der Waals surface area contributed by atoms with Crippen LogP contribution in [0.15, 0.2) is 0 Å². The molecule has 1 N–H and O–H groups in total. The van der Waals surface area contributed by atoms with Crippen LogP contribution in [0.25, 0.3) is 0 Å². The van der Waals surface area contributed by atoms with E-state index in [4.69, 9.17) is 4.74 Å². The van der Waals surface area contributed by atoms with Crippen molar-refractivity contribution in [1.82, 2.24) is 5.32 Å². The molecule has 0 amide bonds. The molecule has 0 saturated carbocycles. The Kier molecular flexibility index (Phi) is 3.11. The minimum absolute atomic E-state index is 0.274. The number of hydrogen-bond donors (Lipinski definition) is 1. The van der Waals surface area contributed by atoms with Crippen LogP contribution in [0.3, 0.4) is 0 Å². The molecule has 1 unspecified atom stereocenters. The van der Waals surface area contributed by atoms with Crippen molar-refractivity contribution in [2.24, 2.45) is 0 Å². The third-order valence-corrected chi connectivity index (χ3v) is 1.48. The molecule has 0 aromatic heterocycles. The molecule has 1 heterocycles. The predicted octanol–water partition coefficient (Wildman–Crippen LogP) is 0.242. The Morgan fingerprint density at radius 3 is 3.22 bits per heavy atom. The number of thiocarbonyl (C=S) groups is 1. The van der Waals surface area contributed by atoms with Gasteiger partial charge in [0, 0.05) is 24.9 Å². The molecule has 1 atom stereocenters. The highest BCUT2D eigenvalue weighted by Crippen LogP contribution is 1.98. The molecule has 1 saturated heterocycles. The minimum Gasteiger partial charge on any atom is -0.375 e. The van der Waals surface area contributed by atoms with Gasteiger partial charge in [-0.05, 0) is 0 Å². The molecule has 9 heavy (non-hydrogen) atoms. The number of morpholine rings is 1. The first-order valence-corrected chi connectivity index (χ1v) is 3.51. The summed E-state index contributed by atoms with van der Waals surface area (Å²) in [4.78, 5) is 0. The lowest BCUT2D eigenvalue weighted by Crippen LogP contribution is -2.38. The van der Waals surface area contributed by atoms with Gasteiger partial charge in [-0.1, -0.05) is 12.2 Å². The summed E-state index contributed by atoms with van der Waals surface area (Å²) in [5.74, 6) is 0. The summed E-state index contributed by atoms with van der Waals surface area (Å²) in [5, 5.41) is 5.86. The fourth-order valence-electron chi connectivity index (χ4n) is 0.844. The maximum atomic E-state index is 5.33. The Hall–Kier alpha value is 0.0100. The van der Waals surface area contributed by atoms with E-state index in [9.17, 15) is 0 Å². The van der Waals surface area contributed by atoms with Gasteiger partial charge in [-0.25, -0.2) is 0 Å². The highest BCUT2D eigenvalue weighted by molar-refractivity contribution is 7.78. The zero-order valence-electron chi connectivity index (χ0n) is 5.22. The van der Waals surface area contributed by atoms with Gasteiger partial charge in [0.25, 0.3) is 0 Å². The van der Waals surface area contributed by atoms with Crippen LogP contribution in [0.1, 0.15) is 6.42 Å². The fraction of sp³-hybridized carbons (Fsp3) is 0.833. The normalized spacial score (nSPS) is 27.8. The lowest BCUT2D eigenvalue weighted by molar-refractivity contribution is 0.0345. The van der Waals surface area contributed by atoms with Crippen molar-refractivity contribution in [2.45, 2.75) is 12.5 Å². The predicted molar refractivity (Wildman–Crippen MR) is 39.8 cm³/mol. The molecule has 0 bridgehead atoms. The molecule has 0 aliphatic carbocycles. The van der Waals surface area contributed by atoms with Crippen LogP contribution in [-0.2, 0) is 4.74 Å². The minimum atomic E-state index is 0.274. The summed E-state index contributed by atoms with van der Waals surface area (Å²) in [7, 11) is 0. The quantitative estimate of drug-likeness (QED) is 0.561. The summed E-state index contributed by atoms with van der Waals surface area (Å²) in [6.45, 7) is 2.69. The summed E-state index contributed by atoms with van der Waals surface area (Å²) in [6, 6.07) is 0. The van der Waals surface area contributed by atoms with Crippen LogP contribution in [0.4, 0.5) is 0 Å². The fourth-order valence-corrected chi connectivity index (χ4v) is 1.03. The van der Waals surface area contributed by atoms with Gasteiger partial charge in [0.2, 0.25) is 0 Å². The highest BCUT2D eigenvalue weighted by atomic mass is 32.1. The Labute approximate surface area is 60.6 Å². The van der Waals surface area contributed by atoms with Crippen molar-refractivity contribution in [2.75, 3.05) is 19.7 Å². The highest BCUT2D eigenvalue weighted by Gasteiger charge is 2.10. The summed E-state index contributed by atoms with van der Waals surface area (Å²) >= 11 is 4.58. The first-order chi connectivity index (χ1) is 4.43. The number of ether oxygens (including phenoxy) is 1. The number of nitrogens with one attached hydrogen (secondary N) is 1. The smallest absolute Gasteiger partial charge is 0.0748 e. The molecule has 1 aliphatic rings. The van der Waals surface area contributed by atoms with Gasteiger partial charge in [-0.2, -0.15) is 0 Å². The number of hydrogen-bond acceptors (Lipinski definition) is 3. The summed E-state index contributed by atoms with van der Waals surface area (Å²) in [6.07, 6.45) is 1.04. The van der Waals surface area contributed by atoms with E-state index in [2.05, 4.69) is 22.9 Å². The van der Waals surface area contributed by atoms with Gasteiger partial charge >= 0.3 is 0 Å². The maximum Gasteiger partial charge on any atom is 0.0748 e. The standard InChI is InChI=1S/C6H10NOS/c9-4-1-6-5-7-2-3-8-6/h6-7H,1-3,5H2. The van der Waals surface area contributed by atoms with Crippen LogP contribution in [0.5, 0.6) is 0 Å². The molecule has 0 spiro atoms. The van der Waals surface area contributed by atoms with E-state index in [1.807, 2.05) is 0 Å².